The second-order valence-corrected chi connectivity index (χ2v) is 90.2. The van der Waals surface area contributed by atoms with Crippen molar-refractivity contribution in [3.63, 3.8) is 0 Å². The molecule has 0 amide bonds. The van der Waals surface area contributed by atoms with Crippen LogP contribution in [0.3, 0.4) is 0 Å². The lowest BCUT2D eigenvalue weighted by molar-refractivity contribution is -0.171. The predicted molar refractivity (Wildman–Crippen MR) is 538 cm³/mol. The van der Waals surface area contributed by atoms with Gasteiger partial charge in [0, 0.05) is 22.2 Å². The van der Waals surface area contributed by atoms with E-state index >= 15 is 0 Å². The molecule has 4 aliphatic rings. The SMILES string of the molecule is CC1C(=O)OC(=O)C1C.CC1C(=O)OC(=O)C1C.CCC(C)(C)C(=O)OC(C)C[Si](C)(C)C.CCC(C)(C)C(=O)OC(C)C[Si](C)(C)C.CCC(C)(C)C(=O)OCCC[Si]1(C)C[Si](C)(C)O[Si](C)(C)O[Si](C)(C)O1.CCC(C)(C)C(=O)OCC[Si](O[Si](C)(C)C)(O[Si](C)(C)C)O[Si](C)(C)C.CCC(C)c1ccc(O)cc1.CCC1(OC(=O)C(C)(C)CC)CCCC1. The fourth-order valence-electron chi connectivity index (χ4n) is 13.4. The maximum atomic E-state index is 12.3. The van der Waals surface area contributed by atoms with Gasteiger partial charge in [-0.3, -0.25) is 43.2 Å². The van der Waals surface area contributed by atoms with Crippen molar-refractivity contribution in [2.24, 2.45) is 50.7 Å². The fourth-order valence-corrected chi connectivity index (χ4v) is 58.4. The molecule has 0 spiro atoms. The molecule has 0 aromatic heterocycles. The molecule has 1 aromatic rings. The van der Waals surface area contributed by atoms with E-state index < -0.39 is 118 Å². The van der Waals surface area contributed by atoms with Gasteiger partial charge in [0.2, 0.25) is 0 Å². The highest BCUT2D eigenvalue weighted by Crippen LogP contribution is 2.40. The van der Waals surface area contributed by atoms with Gasteiger partial charge in [-0.2, -0.15) is 0 Å². The molecular weight excluding hydrogens is 1770 g/mol. The van der Waals surface area contributed by atoms with Crippen molar-refractivity contribution in [2.45, 2.75) is 441 Å². The monoisotopic (exact) mass is 1950 g/mol. The Balaban J connectivity index is -0.00000141. The summed E-state index contributed by atoms with van der Waals surface area (Å²) >= 11 is 0. The Labute approximate surface area is 778 Å². The Morgan fingerprint density at radius 3 is 1.06 bits per heavy atom. The Morgan fingerprint density at radius 1 is 0.460 bits per heavy atom. The number of carbonyl (C=O) groups is 9. The Bertz CT molecular complexity index is 3300. The molecular formula is C93H188O23Si10. The molecule has 3 saturated heterocycles. The molecule has 1 saturated carbocycles. The van der Waals surface area contributed by atoms with Crippen LogP contribution < -0.4 is 0 Å². The largest absolute Gasteiger partial charge is 0.508 e. The van der Waals surface area contributed by atoms with Crippen molar-refractivity contribution in [3.05, 3.63) is 29.8 Å². The van der Waals surface area contributed by atoms with E-state index in [2.05, 4.69) is 174 Å². The molecule has 1 N–H and O–H groups in total. The van der Waals surface area contributed by atoms with Crippen molar-refractivity contribution >= 4 is 137 Å². The second-order valence-electron chi connectivity index (χ2n) is 45.8. The number of hydrogen-bond acceptors (Lipinski definition) is 23. The fraction of sp³-hybridized carbons (Fsp3) is 0.839. The zero-order valence-corrected chi connectivity index (χ0v) is 98.7. The Morgan fingerprint density at radius 2 is 0.770 bits per heavy atom. The third-order valence-electron chi connectivity index (χ3n) is 22.9. The molecule has 3 aliphatic heterocycles. The average molecular weight is 1960 g/mol. The van der Waals surface area contributed by atoms with E-state index in [-0.39, 0.29) is 94.2 Å². The van der Waals surface area contributed by atoms with Crippen molar-refractivity contribution < 1.29 is 106 Å². The van der Waals surface area contributed by atoms with Crippen LogP contribution in [0.5, 0.6) is 5.75 Å². The molecule has 1 aliphatic carbocycles. The molecule has 8 atom stereocenters. The van der Waals surface area contributed by atoms with Crippen LogP contribution in [-0.4, -0.2) is 174 Å². The first-order valence-corrected chi connectivity index (χ1v) is 78.1. The lowest BCUT2D eigenvalue weighted by Crippen LogP contribution is -2.62. The number of ether oxygens (including phenoxy) is 7. The van der Waals surface area contributed by atoms with E-state index in [0.717, 1.165) is 88.0 Å². The zero-order chi connectivity index (χ0) is 99.8. The first-order chi connectivity index (χ1) is 56.4. The van der Waals surface area contributed by atoms with E-state index in [1.54, 1.807) is 39.8 Å². The number of phenolic OH excluding ortho intramolecular Hbond substituents is 1. The summed E-state index contributed by atoms with van der Waals surface area (Å²) in [6.07, 6.45) is 11.6. The smallest absolute Gasteiger partial charge is 0.473 e. The van der Waals surface area contributed by atoms with Gasteiger partial charge in [0.1, 0.15) is 11.4 Å². The molecule has 4 fully saturated rings. The minimum atomic E-state index is -2.93. The summed E-state index contributed by atoms with van der Waals surface area (Å²) in [5.74, 6) is -2.07. The normalized spacial score (nSPS) is 20.8. The maximum absolute atomic E-state index is 12.3. The summed E-state index contributed by atoms with van der Waals surface area (Å²) < 4.78 is 75.9. The summed E-state index contributed by atoms with van der Waals surface area (Å²) in [5.41, 5.74) is 0.355. The second kappa shape index (κ2) is 53.0. The number of rotatable bonds is 33. The molecule has 0 bridgehead atoms. The highest BCUT2D eigenvalue weighted by molar-refractivity contribution is 6.99. The molecule has 738 valence electrons. The van der Waals surface area contributed by atoms with E-state index in [0.29, 0.717) is 24.3 Å². The minimum Gasteiger partial charge on any atom is -0.508 e. The molecule has 1 aromatic carbocycles. The molecule has 23 nitrogen and oxygen atoms in total. The van der Waals surface area contributed by atoms with Gasteiger partial charge in [-0.1, -0.05) is 134 Å². The lowest BCUT2D eigenvalue weighted by atomic mass is 9.89. The minimum absolute atomic E-state index is 0.0197. The molecule has 3 heterocycles. The molecule has 8 unspecified atom stereocenters. The van der Waals surface area contributed by atoms with Crippen molar-refractivity contribution in [2.75, 3.05) is 13.2 Å². The summed E-state index contributed by atoms with van der Waals surface area (Å²) in [7, 11) is -19.0. The summed E-state index contributed by atoms with van der Waals surface area (Å²) in [6, 6.07) is 11.0. The van der Waals surface area contributed by atoms with Gasteiger partial charge in [-0.05, 0) is 312 Å². The molecule has 5 rings (SSSR count). The van der Waals surface area contributed by atoms with Crippen LogP contribution in [0.25, 0.3) is 0 Å². The summed E-state index contributed by atoms with van der Waals surface area (Å²) in [6.45, 7) is 96.1. The molecule has 33 heteroatoms. The van der Waals surface area contributed by atoms with Gasteiger partial charge in [-0.15, -0.1) is 0 Å². The molecule has 0 radical (unpaired) electrons. The van der Waals surface area contributed by atoms with Crippen LogP contribution in [0.15, 0.2) is 24.3 Å². The van der Waals surface area contributed by atoms with Gasteiger partial charge in [-0.25, -0.2) is 0 Å². The van der Waals surface area contributed by atoms with Crippen LogP contribution in [0.4, 0.5) is 0 Å². The van der Waals surface area contributed by atoms with Crippen LogP contribution in [0.2, 0.25) is 174 Å². The first-order valence-electron chi connectivity index (χ1n) is 46.9. The maximum Gasteiger partial charge on any atom is 0.473 e. The van der Waals surface area contributed by atoms with E-state index in [1.807, 2.05) is 130 Å². The quantitative estimate of drug-likeness (QED) is 0.0225. The number of carbonyl (C=O) groups excluding carboxylic acids is 9. The number of cyclic esters (lactones) is 4. The van der Waals surface area contributed by atoms with Crippen molar-refractivity contribution in [1.29, 1.82) is 0 Å². The van der Waals surface area contributed by atoms with Gasteiger partial charge in [0.05, 0.1) is 76.2 Å². The number of benzene rings is 1. The summed E-state index contributed by atoms with van der Waals surface area (Å²) in [4.78, 5) is 102. The van der Waals surface area contributed by atoms with Gasteiger partial charge >= 0.3 is 79.7 Å². The lowest BCUT2D eigenvalue weighted by Gasteiger charge is -2.47. The van der Waals surface area contributed by atoms with Gasteiger partial charge in [0.15, 0.2) is 41.6 Å². The third kappa shape index (κ3) is 52.3. The van der Waals surface area contributed by atoms with E-state index in [4.69, 9.17) is 53.5 Å². The van der Waals surface area contributed by atoms with Crippen molar-refractivity contribution in [1.82, 2.24) is 0 Å². The Kier molecular flexibility index (Phi) is 53.3. The first kappa shape index (κ1) is 127. The van der Waals surface area contributed by atoms with Gasteiger partial charge in [0.25, 0.3) is 0 Å². The molecule has 126 heavy (non-hydrogen) atoms. The topological polar surface area (TPSA) is 294 Å². The number of aromatic hydroxyl groups is 1. The van der Waals surface area contributed by atoms with Gasteiger partial charge < -0.3 is 63.0 Å². The number of esters is 9. The average Bonchev–Trinajstić information content (AvgIpc) is 0.964. The van der Waals surface area contributed by atoms with Crippen LogP contribution in [0, 0.1) is 50.7 Å². The predicted octanol–water partition coefficient (Wildman–Crippen LogP) is 25.3. The number of phenols is 1. The van der Waals surface area contributed by atoms with Crippen LogP contribution in [-0.2, 0) is 101 Å². The van der Waals surface area contributed by atoms with E-state index in [1.165, 1.54) is 18.4 Å². The zero-order valence-electron chi connectivity index (χ0n) is 88.7. The highest BCUT2D eigenvalue weighted by atomic mass is 28.5. The standard InChI is InChI=1S/C17H40O5Si4.C17H42O5Si4.C13H24O2.2C12H26O2Si.C10H14O.2C6H8O3/c1-11-17(2,3)16(18)19-13-12-14-26(10)15-23(4,5)20-24(6,7)21-25(8,9)22-26;1-13-17(2,3)16(18)19-14-15-26(20-23(4,5)6,21-24(7,8)9)22-25(10,11)12;1-5-12(3,4)11(14)15-13(6-2)9-7-8-10-13;2*1-8-12(3,4)11(13)14-10(2)9-15(5,6)7;1-3-8(2)9-4-6-10(11)7-5-9;2*1-3-4(2)6(8)9-5(3)7/h11-15H2,1-10H3;13-15H2,1-12H3;5-10H2,1-4H3;2*10H,8-9H2,1-7H3;4-8,11H,3H2,1-2H3;2*3-4H,1-2H3. The van der Waals surface area contributed by atoms with Crippen LogP contribution >= 0.6 is 0 Å². The summed E-state index contributed by atoms with van der Waals surface area (Å²) in [5, 5.41) is 9.01. The van der Waals surface area contributed by atoms with Crippen molar-refractivity contribution in [3.8, 4) is 5.75 Å². The van der Waals surface area contributed by atoms with E-state index in [9.17, 15) is 43.2 Å². The number of hydrogen-bond donors (Lipinski definition) is 1. The third-order valence-corrected chi connectivity index (χ3v) is 58.3. The highest BCUT2D eigenvalue weighted by Gasteiger charge is 2.53. The Hall–Kier alpha value is -3.42. The van der Waals surface area contributed by atoms with Crippen LogP contribution in [0.1, 0.15) is 255 Å².